The van der Waals surface area contributed by atoms with Gasteiger partial charge in [0.25, 0.3) is 0 Å². The van der Waals surface area contributed by atoms with Crippen molar-refractivity contribution in [2.24, 2.45) is 0 Å². The van der Waals surface area contributed by atoms with E-state index >= 15 is 0 Å². The lowest BCUT2D eigenvalue weighted by Gasteiger charge is -2.25. The molecule has 3 N–H and O–H groups in total. The quantitative estimate of drug-likeness (QED) is 0.722. The van der Waals surface area contributed by atoms with Gasteiger partial charge in [0.15, 0.2) is 0 Å². The normalized spacial score (nSPS) is 14.8. The highest BCUT2D eigenvalue weighted by atomic mass is 32.1. The average molecular weight is 284 g/mol. The summed E-state index contributed by atoms with van der Waals surface area (Å²) in [5.41, 5.74) is 9.27. The third-order valence-corrected chi connectivity index (χ3v) is 4.65. The molecule has 0 unspecified atom stereocenters. The first-order valence-corrected chi connectivity index (χ1v) is 7.71. The fourth-order valence-electron chi connectivity index (χ4n) is 2.61. The number of hydrogen-bond donors (Lipinski definition) is 2. The zero-order valence-electron chi connectivity index (χ0n) is 11.0. The molecule has 1 aliphatic carbocycles. The van der Waals surface area contributed by atoms with E-state index in [4.69, 9.17) is 5.73 Å². The SMILES string of the molecule is Nc1cc2cn[nH]c2cc1N(Cc1cccs1)C1CC1. The second-order valence-corrected chi connectivity index (χ2v) is 6.34. The maximum Gasteiger partial charge on any atom is 0.0672 e. The number of fused-ring (bicyclic) bond motifs is 1. The lowest BCUT2D eigenvalue weighted by molar-refractivity contribution is 0.805. The standard InChI is InChI=1S/C15H16N4S/c16-13-6-10-8-17-18-14(10)7-15(13)19(11-3-4-11)9-12-2-1-5-20-12/h1-2,5-8,11H,3-4,9,16H2,(H,17,18). The molecule has 0 amide bonds. The van der Waals surface area contributed by atoms with Gasteiger partial charge in [0.1, 0.15) is 0 Å². The van der Waals surface area contributed by atoms with Gasteiger partial charge in [0, 0.05) is 16.3 Å². The Labute approximate surface area is 121 Å². The average Bonchev–Trinajstić information content (AvgIpc) is 2.97. The van der Waals surface area contributed by atoms with Gasteiger partial charge in [0.2, 0.25) is 0 Å². The highest BCUT2D eigenvalue weighted by Gasteiger charge is 2.30. The molecule has 1 aliphatic rings. The number of thiophene rings is 1. The molecule has 4 rings (SSSR count). The predicted molar refractivity (Wildman–Crippen MR) is 84.0 cm³/mol. The summed E-state index contributed by atoms with van der Waals surface area (Å²) in [5, 5.41) is 10.3. The molecule has 3 aromatic rings. The van der Waals surface area contributed by atoms with Crippen molar-refractivity contribution in [3.63, 3.8) is 0 Å². The minimum absolute atomic E-state index is 0.625. The molecule has 0 bridgehead atoms. The number of benzene rings is 1. The van der Waals surface area contributed by atoms with E-state index in [2.05, 4.69) is 38.7 Å². The van der Waals surface area contributed by atoms with Crippen LogP contribution in [0.25, 0.3) is 10.9 Å². The van der Waals surface area contributed by atoms with Gasteiger partial charge < -0.3 is 10.6 Å². The summed E-state index contributed by atoms with van der Waals surface area (Å²) in [5.74, 6) is 0. The summed E-state index contributed by atoms with van der Waals surface area (Å²) in [6.45, 7) is 0.937. The predicted octanol–water partition coefficient (Wildman–Crippen LogP) is 3.38. The molecule has 5 heteroatoms. The van der Waals surface area contributed by atoms with E-state index < -0.39 is 0 Å². The highest BCUT2D eigenvalue weighted by Crippen LogP contribution is 2.38. The molecular formula is C15H16N4S. The molecule has 0 saturated heterocycles. The van der Waals surface area contributed by atoms with E-state index in [-0.39, 0.29) is 0 Å². The zero-order chi connectivity index (χ0) is 13.5. The van der Waals surface area contributed by atoms with Gasteiger partial charge in [-0.3, -0.25) is 5.10 Å². The minimum Gasteiger partial charge on any atom is -0.397 e. The lowest BCUT2D eigenvalue weighted by Crippen LogP contribution is -2.25. The van der Waals surface area contributed by atoms with Gasteiger partial charge in [0.05, 0.1) is 29.6 Å². The van der Waals surface area contributed by atoms with Gasteiger partial charge >= 0.3 is 0 Å². The van der Waals surface area contributed by atoms with Gasteiger partial charge in [-0.15, -0.1) is 11.3 Å². The Kier molecular flexibility index (Phi) is 2.67. The van der Waals surface area contributed by atoms with Crippen LogP contribution < -0.4 is 10.6 Å². The Hall–Kier alpha value is -2.01. The number of nitrogen functional groups attached to an aromatic ring is 1. The fourth-order valence-corrected chi connectivity index (χ4v) is 3.32. The molecule has 102 valence electrons. The first-order chi connectivity index (χ1) is 9.81. The van der Waals surface area contributed by atoms with E-state index in [1.165, 1.54) is 17.7 Å². The topological polar surface area (TPSA) is 57.9 Å². The fraction of sp³-hybridized carbons (Fsp3) is 0.267. The van der Waals surface area contributed by atoms with Crippen molar-refractivity contribution in [3.8, 4) is 0 Å². The molecule has 0 atom stereocenters. The summed E-state index contributed by atoms with van der Waals surface area (Å²) >= 11 is 1.80. The Morgan fingerprint density at radius 3 is 3.05 bits per heavy atom. The van der Waals surface area contributed by atoms with Crippen molar-refractivity contribution in [1.82, 2.24) is 10.2 Å². The van der Waals surface area contributed by atoms with Crippen LogP contribution in [0.2, 0.25) is 0 Å². The number of H-pyrrole nitrogens is 1. The summed E-state index contributed by atoms with van der Waals surface area (Å²) < 4.78 is 0. The van der Waals surface area contributed by atoms with Crippen LogP contribution in [-0.2, 0) is 6.54 Å². The van der Waals surface area contributed by atoms with Crippen molar-refractivity contribution in [1.29, 1.82) is 0 Å². The van der Waals surface area contributed by atoms with Crippen LogP contribution in [0.5, 0.6) is 0 Å². The Morgan fingerprint density at radius 1 is 1.40 bits per heavy atom. The second-order valence-electron chi connectivity index (χ2n) is 5.31. The van der Waals surface area contributed by atoms with E-state index in [1.807, 2.05) is 12.3 Å². The third-order valence-electron chi connectivity index (χ3n) is 3.79. The Morgan fingerprint density at radius 2 is 2.30 bits per heavy atom. The molecule has 4 nitrogen and oxygen atoms in total. The number of hydrogen-bond acceptors (Lipinski definition) is 4. The van der Waals surface area contributed by atoms with Gasteiger partial charge in [-0.2, -0.15) is 5.10 Å². The molecule has 2 heterocycles. The number of anilines is 2. The van der Waals surface area contributed by atoms with E-state index in [0.717, 1.165) is 28.8 Å². The van der Waals surface area contributed by atoms with Crippen LogP contribution in [0.3, 0.4) is 0 Å². The molecular weight excluding hydrogens is 268 g/mol. The van der Waals surface area contributed by atoms with Crippen LogP contribution >= 0.6 is 11.3 Å². The van der Waals surface area contributed by atoms with Crippen molar-refractivity contribution in [3.05, 3.63) is 40.7 Å². The zero-order valence-corrected chi connectivity index (χ0v) is 11.9. The number of aromatic amines is 1. The molecule has 0 aliphatic heterocycles. The molecule has 0 spiro atoms. The lowest BCUT2D eigenvalue weighted by atomic mass is 10.2. The molecule has 1 aromatic carbocycles. The summed E-state index contributed by atoms with van der Waals surface area (Å²) in [7, 11) is 0. The molecule has 1 saturated carbocycles. The van der Waals surface area contributed by atoms with E-state index in [1.54, 1.807) is 11.3 Å². The smallest absolute Gasteiger partial charge is 0.0672 e. The second kappa shape index (κ2) is 4.52. The maximum absolute atomic E-state index is 6.26. The van der Waals surface area contributed by atoms with E-state index in [9.17, 15) is 0 Å². The molecule has 2 aromatic heterocycles. The van der Waals surface area contributed by atoms with Crippen LogP contribution in [0.4, 0.5) is 11.4 Å². The number of nitrogens with one attached hydrogen (secondary N) is 1. The van der Waals surface area contributed by atoms with Crippen LogP contribution in [0.1, 0.15) is 17.7 Å². The number of aromatic nitrogens is 2. The first-order valence-electron chi connectivity index (χ1n) is 6.83. The third kappa shape index (κ3) is 2.04. The van der Waals surface area contributed by atoms with Gasteiger partial charge in [-0.1, -0.05) is 6.07 Å². The van der Waals surface area contributed by atoms with Crippen LogP contribution in [0, 0.1) is 0 Å². The maximum atomic E-state index is 6.26. The highest BCUT2D eigenvalue weighted by molar-refractivity contribution is 7.09. The molecule has 20 heavy (non-hydrogen) atoms. The molecule has 0 radical (unpaired) electrons. The van der Waals surface area contributed by atoms with Crippen LogP contribution in [-0.4, -0.2) is 16.2 Å². The number of nitrogens with zero attached hydrogens (tertiary/aromatic N) is 2. The van der Waals surface area contributed by atoms with Crippen molar-refractivity contribution >= 4 is 33.6 Å². The van der Waals surface area contributed by atoms with Gasteiger partial charge in [-0.05, 0) is 36.4 Å². The molecule has 1 fully saturated rings. The van der Waals surface area contributed by atoms with E-state index in [0.29, 0.717) is 6.04 Å². The van der Waals surface area contributed by atoms with Crippen molar-refractivity contribution < 1.29 is 0 Å². The number of nitrogens with two attached hydrogens (primary N) is 1. The first kappa shape index (κ1) is 11.8. The largest absolute Gasteiger partial charge is 0.397 e. The van der Waals surface area contributed by atoms with Crippen molar-refractivity contribution in [2.45, 2.75) is 25.4 Å². The monoisotopic (exact) mass is 284 g/mol. The summed E-state index contributed by atoms with van der Waals surface area (Å²) in [6, 6.07) is 9.05. The Bertz CT molecular complexity index is 728. The minimum atomic E-state index is 0.625. The van der Waals surface area contributed by atoms with Gasteiger partial charge in [-0.25, -0.2) is 0 Å². The summed E-state index contributed by atoms with van der Waals surface area (Å²) in [4.78, 5) is 3.81. The Balaban J connectivity index is 1.75. The summed E-state index contributed by atoms with van der Waals surface area (Å²) in [6.07, 6.45) is 4.33. The van der Waals surface area contributed by atoms with Crippen molar-refractivity contribution in [2.75, 3.05) is 10.6 Å². The van der Waals surface area contributed by atoms with Crippen LogP contribution in [0.15, 0.2) is 35.8 Å². The number of rotatable bonds is 4.